The molecule has 0 fully saturated rings. The van der Waals surface area contributed by atoms with Crippen molar-refractivity contribution in [3.05, 3.63) is 47.5 Å². The van der Waals surface area contributed by atoms with E-state index in [1.165, 1.54) is 0 Å². The summed E-state index contributed by atoms with van der Waals surface area (Å²) in [6, 6.07) is 12.9. The second-order valence-corrected chi connectivity index (χ2v) is 6.09. The number of carbonyl (C=O) groups excluding carboxylic acids is 1. The molecule has 4 nitrogen and oxygen atoms in total. The standard InChI is InChI=1S/C19H19ClN2O2/c1-3-12(4-2)18(23)21-13-9-10-16-17(11-13)24-19(22-16)14-7-5-6-8-15(14)20/h5-12H,3-4H2,1-2H3,(H,21,23). The third kappa shape index (κ3) is 3.29. The number of rotatable bonds is 5. The fourth-order valence-corrected chi connectivity index (χ4v) is 2.87. The zero-order chi connectivity index (χ0) is 17.1. The number of aromatic nitrogens is 1. The highest BCUT2D eigenvalue weighted by molar-refractivity contribution is 6.33. The van der Waals surface area contributed by atoms with Crippen molar-refractivity contribution in [1.82, 2.24) is 4.98 Å². The molecule has 1 amide bonds. The molecule has 0 bridgehead atoms. The topological polar surface area (TPSA) is 55.1 Å². The summed E-state index contributed by atoms with van der Waals surface area (Å²) in [5.74, 6) is 0.526. The van der Waals surface area contributed by atoms with Crippen LogP contribution >= 0.6 is 11.6 Å². The maximum Gasteiger partial charge on any atom is 0.228 e. The van der Waals surface area contributed by atoms with Crippen LogP contribution in [0.1, 0.15) is 26.7 Å². The molecule has 1 N–H and O–H groups in total. The molecule has 0 atom stereocenters. The van der Waals surface area contributed by atoms with E-state index in [1.54, 1.807) is 12.1 Å². The van der Waals surface area contributed by atoms with E-state index in [9.17, 15) is 4.79 Å². The lowest BCUT2D eigenvalue weighted by Gasteiger charge is -2.12. The van der Waals surface area contributed by atoms with Crippen LogP contribution in [0, 0.1) is 5.92 Å². The molecule has 0 saturated heterocycles. The number of benzene rings is 2. The van der Waals surface area contributed by atoms with Gasteiger partial charge < -0.3 is 9.73 Å². The van der Waals surface area contributed by atoms with Crippen molar-refractivity contribution in [1.29, 1.82) is 0 Å². The summed E-state index contributed by atoms with van der Waals surface area (Å²) in [6.45, 7) is 4.03. The van der Waals surface area contributed by atoms with Gasteiger partial charge in [-0.05, 0) is 37.1 Å². The van der Waals surface area contributed by atoms with Crippen LogP contribution in [0.25, 0.3) is 22.6 Å². The van der Waals surface area contributed by atoms with Crippen molar-refractivity contribution in [2.75, 3.05) is 5.32 Å². The zero-order valence-electron chi connectivity index (χ0n) is 13.7. The van der Waals surface area contributed by atoms with Gasteiger partial charge in [-0.3, -0.25) is 4.79 Å². The maximum absolute atomic E-state index is 12.2. The van der Waals surface area contributed by atoms with Gasteiger partial charge in [-0.25, -0.2) is 4.98 Å². The molecule has 0 aliphatic rings. The van der Waals surface area contributed by atoms with Crippen molar-refractivity contribution in [2.24, 2.45) is 5.92 Å². The predicted molar refractivity (Wildman–Crippen MR) is 97.2 cm³/mol. The van der Waals surface area contributed by atoms with E-state index in [0.717, 1.165) is 23.9 Å². The lowest BCUT2D eigenvalue weighted by atomic mass is 10.0. The van der Waals surface area contributed by atoms with E-state index in [-0.39, 0.29) is 11.8 Å². The van der Waals surface area contributed by atoms with Crippen LogP contribution in [0.4, 0.5) is 5.69 Å². The highest BCUT2D eigenvalue weighted by Gasteiger charge is 2.15. The molecule has 0 unspecified atom stereocenters. The number of hydrogen-bond acceptors (Lipinski definition) is 3. The summed E-state index contributed by atoms with van der Waals surface area (Å²) < 4.78 is 5.82. The quantitative estimate of drug-likeness (QED) is 0.663. The van der Waals surface area contributed by atoms with Crippen LogP contribution in [0.15, 0.2) is 46.9 Å². The van der Waals surface area contributed by atoms with Crippen LogP contribution in [0.3, 0.4) is 0 Å². The first-order chi connectivity index (χ1) is 11.6. The molecule has 5 heteroatoms. The fourth-order valence-electron chi connectivity index (χ4n) is 2.66. The minimum Gasteiger partial charge on any atom is -0.436 e. The van der Waals surface area contributed by atoms with Gasteiger partial charge in [0.2, 0.25) is 11.8 Å². The number of nitrogens with zero attached hydrogens (tertiary/aromatic N) is 1. The van der Waals surface area contributed by atoms with E-state index in [4.69, 9.17) is 16.0 Å². The molecular weight excluding hydrogens is 324 g/mol. The average molecular weight is 343 g/mol. The van der Waals surface area contributed by atoms with Crippen LogP contribution < -0.4 is 5.32 Å². The van der Waals surface area contributed by atoms with E-state index in [0.29, 0.717) is 22.2 Å². The highest BCUT2D eigenvalue weighted by Crippen LogP contribution is 2.30. The molecule has 0 spiro atoms. The number of amides is 1. The van der Waals surface area contributed by atoms with Gasteiger partial charge in [0.15, 0.2) is 5.58 Å². The van der Waals surface area contributed by atoms with E-state index in [1.807, 2.05) is 44.2 Å². The lowest BCUT2D eigenvalue weighted by molar-refractivity contribution is -0.120. The van der Waals surface area contributed by atoms with Gasteiger partial charge in [0, 0.05) is 17.7 Å². The molecule has 1 heterocycles. The van der Waals surface area contributed by atoms with E-state index >= 15 is 0 Å². The molecular formula is C19H19ClN2O2. The SMILES string of the molecule is CCC(CC)C(=O)Nc1ccc2nc(-c3ccccc3Cl)oc2c1. The largest absolute Gasteiger partial charge is 0.436 e. The molecule has 3 rings (SSSR count). The summed E-state index contributed by atoms with van der Waals surface area (Å²) in [7, 11) is 0. The molecule has 1 aromatic heterocycles. The van der Waals surface area contributed by atoms with Gasteiger partial charge in [0.1, 0.15) is 5.52 Å². The van der Waals surface area contributed by atoms with Gasteiger partial charge in [-0.1, -0.05) is 37.6 Å². The Morgan fingerprint density at radius 3 is 2.67 bits per heavy atom. The van der Waals surface area contributed by atoms with E-state index in [2.05, 4.69) is 10.3 Å². The third-order valence-electron chi connectivity index (χ3n) is 4.12. The minimum atomic E-state index is 0.0223. The summed E-state index contributed by atoms with van der Waals surface area (Å²) in [5, 5.41) is 3.53. The highest BCUT2D eigenvalue weighted by atomic mass is 35.5. The van der Waals surface area contributed by atoms with E-state index < -0.39 is 0 Å². The van der Waals surface area contributed by atoms with Crippen molar-refractivity contribution in [2.45, 2.75) is 26.7 Å². The normalized spacial score (nSPS) is 11.2. The van der Waals surface area contributed by atoms with Crippen LogP contribution in [0.2, 0.25) is 5.02 Å². The third-order valence-corrected chi connectivity index (χ3v) is 4.45. The fraction of sp³-hybridized carbons (Fsp3) is 0.263. The minimum absolute atomic E-state index is 0.0223. The summed E-state index contributed by atoms with van der Waals surface area (Å²) in [4.78, 5) is 16.7. The number of carbonyl (C=O) groups is 1. The molecule has 0 saturated carbocycles. The summed E-state index contributed by atoms with van der Waals surface area (Å²) in [6.07, 6.45) is 1.65. The average Bonchev–Trinajstić information content (AvgIpc) is 2.99. The van der Waals surface area contributed by atoms with Gasteiger partial charge in [0.05, 0.1) is 10.6 Å². The van der Waals surface area contributed by atoms with Crippen LogP contribution in [-0.4, -0.2) is 10.9 Å². The number of nitrogens with one attached hydrogen (secondary N) is 1. The Bertz CT molecular complexity index is 869. The number of oxazole rings is 1. The van der Waals surface area contributed by atoms with Crippen molar-refractivity contribution in [3.8, 4) is 11.5 Å². The maximum atomic E-state index is 12.2. The second kappa shape index (κ2) is 7.05. The lowest BCUT2D eigenvalue weighted by Crippen LogP contribution is -2.21. The molecule has 2 aromatic carbocycles. The number of anilines is 1. The van der Waals surface area contributed by atoms with Crippen LogP contribution in [-0.2, 0) is 4.79 Å². The van der Waals surface area contributed by atoms with Gasteiger partial charge >= 0.3 is 0 Å². The Morgan fingerprint density at radius 1 is 1.21 bits per heavy atom. The second-order valence-electron chi connectivity index (χ2n) is 5.68. The van der Waals surface area contributed by atoms with Gasteiger partial charge in [-0.2, -0.15) is 0 Å². The zero-order valence-corrected chi connectivity index (χ0v) is 14.4. The van der Waals surface area contributed by atoms with Crippen molar-refractivity contribution in [3.63, 3.8) is 0 Å². The predicted octanol–water partition coefficient (Wildman–Crippen LogP) is 5.52. The Labute approximate surface area is 145 Å². The first-order valence-electron chi connectivity index (χ1n) is 8.08. The first-order valence-corrected chi connectivity index (χ1v) is 8.46. The number of hydrogen-bond donors (Lipinski definition) is 1. The van der Waals surface area contributed by atoms with Gasteiger partial charge in [0.25, 0.3) is 0 Å². The molecule has 3 aromatic rings. The van der Waals surface area contributed by atoms with Crippen molar-refractivity contribution >= 4 is 34.3 Å². The Hall–Kier alpha value is -2.33. The van der Waals surface area contributed by atoms with Crippen LogP contribution in [0.5, 0.6) is 0 Å². The smallest absolute Gasteiger partial charge is 0.228 e. The Kier molecular flexibility index (Phi) is 4.86. The molecule has 0 aliphatic carbocycles. The molecule has 0 radical (unpaired) electrons. The van der Waals surface area contributed by atoms with Gasteiger partial charge in [-0.15, -0.1) is 0 Å². The summed E-state index contributed by atoms with van der Waals surface area (Å²) in [5.41, 5.74) is 2.80. The first kappa shape index (κ1) is 16.5. The molecule has 124 valence electrons. The Balaban J connectivity index is 1.89. The number of halogens is 1. The number of fused-ring (bicyclic) bond motifs is 1. The monoisotopic (exact) mass is 342 g/mol. The Morgan fingerprint density at radius 2 is 1.96 bits per heavy atom. The summed E-state index contributed by atoms with van der Waals surface area (Å²) >= 11 is 6.20. The molecule has 0 aliphatic heterocycles. The van der Waals surface area contributed by atoms with Crippen molar-refractivity contribution < 1.29 is 9.21 Å². The molecule has 24 heavy (non-hydrogen) atoms.